The van der Waals surface area contributed by atoms with Gasteiger partial charge in [0, 0.05) is 0 Å². The smallest absolute Gasteiger partial charge is 0.316 e. The monoisotopic (exact) mass is 338 g/mol. The molecule has 1 rings (SSSR count). The molecule has 0 aromatic heterocycles. The van der Waals surface area contributed by atoms with E-state index < -0.39 is 20.0 Å². The van der Waals surface area contributed by atoms with Gasteiger partial charge in [-0.05, 0) is 0 Å². The summed E-state index contributed by atoms with van der Waals surface area (Å²) in [4.78, 5) is 37.1. The summed E-state index contributed by atoms with van der Waals surface area (Å²) in [6.45, 7) is 0. The van der Waals surface area contributed by atoms with Crippen molar-refractivity contribution in [2.75, 3.05) is 0 Å². The molecule has 0 aromatic carbocycles. The summed E-state index contributed by atoms with van der Waals surface area (Å²) < 4.78 is 14.1. The molecule has 1 fully saturated rings. The van der Waals surface area contributed by atoms with Gasteiger partial charge in [0.1, 0.15) is 0 Å². The van der Waals surface area contributed by atoms with Crippen LogP contribution in [0.5, 0.6) is 0 Å². The molecule has 0 unspecified atom stereocenters. The minimum absolute atomic E-state index is 0. The molecule has 1 heterocycles. The SMILES string of the molecule is O=C(O)OC(=O)OP1(O)(O)OO1.[CaH2].[CaH2].[MgH2].[MgH2]. The average Bonchev–Trinajstić information content (AvgIpc) is 2.38. The van der Waals surface area contributed by atoms with Crippen LogP contribution in [0.1, 0.15) is 0 Å². The second-order valence-corrected chi connectivity index (χ2v) is 3.75. The predicted molar refractivity (Wildman–Crippen MR) is 63.3 cm³/mol. The Morgan fingerprint density at radius 2 is 1.44 bits per heavy atom. The Kier molecular flexibility index (Phi) is 16.9. The minimum atomic E-state index is -5.23. The molecule has 1 aliphatic rings. The average molecular weight is 339 g/mol. The van der Waals surface area contributed by atoms with Gasteiger partial charge in [-0.2, -0.15) is 0 Å². The zero-order valence-corrected chi connectivity index (χ0v) is 6.13. The molecule has 0 amide bonds. The van der Waals surface area contributed by atoms with Gasteiger partial charge in [-0.3, -0.25) is 0 Å². The van der Waals surface area contributed by atoms with E-state index in [4.69, 9.17) is 14.9 Å². The number of ether oxygens (including phenoxy) is 1. The van der Waals surface area contributed by atoms with E-state index in [1.807, 2.05) is 0 Å². The Bertz CT molecular complexity index is 252. The molecule has 0 atom stereocenters. The van der Waals surface area contributed by atoms with Crippen molar-refractivity contribution in [1.29, 1.82) is 0 Å². The second kappa shape index (κ2) is 9.89. The summed E-state index contributed by atoms with van der Waals surface area (Å²) in [6, 6.07) is 0. The van der Waals surface area contributed by atoms with Crippen LogP contribution in [0.25, 0.3) is 0 Å². The Morgan fingerprint density at radius 1 is 1.06 bits per heavy atom. The molecular formula is C2H11Ca2Mg2O9P. The molecule has 3 N–H and O–H groups in total. The van der Waals surface area contributed by atoms with Crippen LogP contribution in [0, 0.1) is 0 Å². The molecule has 14 heteroatoms. The third-order valence-corrected chi connectivity index (χ3v) is 1.67. The fourth-order valence-corrected chi connectivity index (χ4v) is 0.992. The van der Waals surface area contributed by atoms with Crippen LogP contribution in [0.4, 0.5) is 9.59 Å². The first-order valence-electron chi connectivity index (χ1n) is 2.36. The molecule has 1 aliphatic heterocycles. The first-order chi connectivity index (χ1) is 5.30. The first-order valence-corrected chi connectivity index (χ1v) is 4.25. The molecule has 0 radical (unpaired) electrons. The molecule has 0 aromatic rings. The Hall–Kier alpha value is 3.06. The molecule has 0 bridgehead atoms. The van der Waals surface area contributed by atoms with Crippen molar-refractivity contribution in [2.45, 2.75) is 0 Å². The summed E-state index contributed by atoms with van der Waals surface area (Å²) >= 11 is 0. The van der Waals surface area contributed by atoms with Crippen LogP contribution in [-0.4, -0.2) is 149 Å². The van der Waals surface area contributed by atoms with E-state index in [-0.39, 0.29) is 122 Å². The summed E-state index contributed by atoms with van der Waals surface area (Å²) in [6.07, 6.45) is -3.80. The predicted octanol–water partition coefficient (Wildman–Crippen LogP) is -3.77. The van der Waals surface area contributed by atoms with Crippen LogP contribution in [0.3, 0.4) is 0 Å². The van der Waals surface area contributed by atoms with E-state index in [2.05, 4.69) is 18.6 Å². The summed E-state index contributed by atoms with van der Waals surface area (Å²) in [7, 11) is -5.23. The molecule has 0 saturated carbocycles. The Balaban J connectivity index is -0.000000180. The number of carbonyl (C=O) groups excluding carboxylic acids is 1. The van der Waals surface area contributed by atoms with Crippen molar-refractivity contribution in [3.8, 4) is 0 Å². The topological polar surface area (TPSA) is 138 Å². The van der Waals surface area contributed by atoms with Gasteiger partial charge < -0.3 is 0 Å². The summed E-state index contributed by atoms with van der Waals surface area (Å²) in [5, 5.41) is 7.83. The third kappa shape index (κ3) is 10.9. The Morgan fingerprint density at radius 3 is 1.69 bits per heavy atom. The fraction of sp³-hybridized carbons (Fsp3) is 0. The van der Waals surface area contributed by atoms with E-state index in [9.17, 15) is 9.59 Å². The molecule has 0 spiro atoms. The largest absolute Gasteiger partial charge is 0.316 e. The number of carboxylic acid groups (broad SMARTS) is 1. The van der Waals surface area contributed by atoms with Gasteiger partial charge in [-0.1, -0.05) is 0 Å². The van der Waals surface area contributed by atoms with Crippen LogP contribution >= 0.6 is 7.74 Å². The van der Waals surface area contributed by atoms with Crippen LogP contribution in [0.15, 0.2) is 0 Å². The normalized spacial score (nSPS) is 19.5. The maximum absolute atomic E-state index is 10.2. The first kappa shape index (κ1) is 27.4. The van der Waals surface area contributed by atoms with Crippen molar-refractivity contribution in [1.82, 2.24) is 0 Å². The van der Waals surface area contributed by atoms with Gasteiger partial charge in [0.2, 0.25) is 0 Å². The molecular weight excluding hydrogens is 328 g/mol. The molecule has 86 valence electrons. The zero-order chi connectivity index (χ0) is 9.43. The van der Waals surface area contributed by atoms with Crippen molar-refractivity contribution in [2.24, 2.45) is 0 Å². The molecule has 0 aliphatic carbocycles. The van der Waals surface area contributed by atoms with E-state index in [0.29, 0.717) is 0 Å². The summed E-state index contributed by atoms with van der Waals surface area (Å²) in [5.74, 6) is 0. The molecule has 9 nitrogen and oxygen atoms in total. The third-order valence-electron chi connectivity index (χ3n) is 0.670. The van der Waals surface area contributed by atoms with Crippen LogP contribution < -0.4 is 0 Å². The van der Waals surface area contributed by atoms with Gasteiger partial charge in [0.15, 0.2) is 0 Å². The van der Waals surface area contributed by atoms with Crippen molar-refractivity contribution in [3.05, 3.63) is 0 Å². The fourth-order valence-electron chi connectivity index (χ4n) is 0.291. The van der Waals surface area contributed by atoms with Crippen molar-refractivity contribution in [3.63, 3.8) is 0 Å². The van der Waals surface area contributed by atoms with Gasteiger partial charge in [-0.25, -0.2) is 0 Å². The number of hydrogen-bond donors (Lipinski definition) is 3. The number of hydrogen-bond acceptors (Lipinski definition) is 8. The minimum Gasteiger partial charge on any atom is 0.316 e. The maximum atomic E-state index is 10.2. The van der Waals surface area contributed by atoms with Gasteiger partial charge in [-0.15, -0.1) is 0 Å². The quantitative estimate of drug-likeness (QED) is 0.110. The number of carbonyl (C=O) groups is 2. The van der Waals surface area contributed by atoms with E-state index in [1.165, 1.54) is 0 Å². The maximum Gasteiger partial charge on any atom is 0.316 e. The van der Waals surface area contributed by atoms with Crippen molar-refractivity contribution < 1.29 is 43.1 Å². The van der Waals surface area contributed by atoms with E-state index in [1.54, 1.807) is 0 Å². The second-order valence-electron chi connectivity index (χ2n) is 1.66. The summed E-state index contributed by atoms with van der Waals surface area (Å²) in [5.41, 5.74) is 0. The van der Waals surface area contributed by atoms with Crippen LogP contribution in [0.2, 0.25) is 0 Å². The van der Waals surface area contributed by atoms with Gasteiger partial charge in [0.05, 0.1) is 0 Å². The van der Waals surface area contributed by atoms with Crippen LogP contribution in [-0.2, 0) is 18.6 Å². The standard InChI is InChI=1S/C2H3O9P.2Ca.2Mg.8H/c3-1(4)8-2(5)9-12(6,7)10-11-12;;;;;;;;;;;;/h6-7H,(H,3,4);;;;;;;;;;;;. The number of rotatable bonds is 1. The van der Waals surface area contributed by atoms with Gasteiger partial charge >= 0.3 is 185 Å². The van der Waals surface area contributed by atoms with Crippen molar-refractivity contribution >= 4 is 142 Å². The Labute approximate surface area is 181 Å². The van der Waals surface area contributed by atoms with E-state index in [0.717, 1.165) is 0 Å². The van der Waals surface area contributed by atoms with Gasteiger partial charge in [0.25, 0.3) is 0 Å². The molecule has 16 heavy (non-hydrogen) atoms. The van der Waals surface area contributed by atoms with E-state index >= 15 is 0 Å². The zero-order valence-electron chi connectivity index (χ0n) is 5.24. The molecule has 1 saturated heterocycles.